The zero-order valence-corrected chi connectivity index (χ0v) is 20.8. The highest BCUT2D eigenvalue weighted by molar-refractivity contribution is 5.85. The Labute approximate surface area is 204 Å². The number of carbonyl (C=O) groups excluding carboxylic acids is 1. The maximum atomic E-state index is 12.9. The summed E-state index contributed by atoms with van der Waals surface area (Å²) in [5, 5.41) is 17.1. The lowest BCUT2D eigenvalue weighted by Gasteiger charge is -2.50. The Hall–Kier alpha value is -1.09. The molecule has 0 aliphatic carbocycles. The van der Waals surface area contributed by atoms with Gasteiger partial charge in [-0.25, -0.2) is 0 Å². The van der Waals surface area contributed by atoms with E-state index in [1.165, 1.54) is 11.3 Å². The van der Waals surface area contributed by atoms with E-state index in [0.717, 1.165) is 52.1 Å². The van der Waals surface area contributed by atoms with Crippen molar-refractivity contribution in [1.82, 2.24) is 15.5 Å². The molecule has 3 heterocycles. The molecule has 0 aromatic heterocycles. The Morgan fingerprint density at radius 3 is 2.56 bits per heavy atom. The van der Waals surface area contributed by atoms with Crippen LogP contribution in [0, 0.1) is 6.92 Å². The summed E-state index contributed by atoms with van der Waals surface area (Å²) >= 11 is 0. The molecule has 1 spiro atoms. The fourth-order valence-electron chi connectivity index (χ4n) is 5.16. The highest BCUT2D eigenvalue weighted by Crippen LogP contribution is 2.38. The second-order valence-electron chi connectivity index (χ2n) is 9.50. The van der Waals surface area contributed by atoms with E-state index in [1.54, 1.807) is 0 Å². The second-order valence-corrected chi connectivity index (χ2v) is 9.50. The molecule has 2 atom stereocenters. The van der Waals surface area contributed by atoms with Gasteiger partial charge in [-0.05, 0) is 57.5 Å². The first-order valence-corrected chi connectivity index (χ1v) is 11.3. The summed E-state index contributed by atoms with van der Waals surface area (Å²) in [6.45, 7) is 10.1. The van der Waals surface area contributed by atoms with Gasteiger partial charge >= 0.3 is 0 Å². The number of aliphatic hydroxyl groups excluding tert-OH is 1. The van der Waals surface area contributed by atoms with Gasteiger partial charge in [0.1, 0.15) is 6.10 Å². The number of hydrogen-bond donors (Lipinski definition) is 3. The van der Waals surface area contributed by atoms with Gasteiger partial charge in [-0.3, -0.25) is 9.69 Å². The van der Waals surface area contributed by atoms with Crippen molar-refractivity contribution in [3.05, 3.63) is 29.8 Å². The van der Waals surface area contributed by atoms with Gasteiger partial charge in [0.2, 0.25) is 5.91 Å². The standard InChI is InChI=1S/C23H36N4O3.2ClH/c1-18-4-3-5-19(14-18)27-12-10-26(11-13-27)15-21(29)25-22(2)17-23(30-16-20(22)28)6-8-24-9-7-23;;/h3-5,14,20,24,28H,6-13,15-17H2,1-2H3,(H,25,29);2*1H/t20-,22-;;/m0../s1. The molecule has 9 heteroatoms. The van der Waals surface area contributed by atoms with Crippen molar-refractivity contribution in [3.8, 4) is 0 Å². The number of hydrogen-bond acceptors (Lipinski definition) is 6. The van der Waals surface area contributed by atoms with Gasteiger partial charge in [0, 0.05) is 38.3 Å². The molecule has 3 aliphatic heterocycles. The van der Waals surface area contributed by atoms with E-state index in [-0.39, 0.29) is 42.9 Å². The smallest absolute Gasteiger partial charge is 0.234 e. The van der Waals surface area contributed by atoms with E-state index in [4.69, 9.17) is 4.74 Å². The average Bonchev–Trinajstić information content (AvgIpc) is 2.72. The number of aryl methyl sites for hydroxylation is 1. The van der Waals surface area contributed by atoms with Crippen LogP contribution in [0.2, 0.25) is 0 Å². The van der Waals surface area contributed by atoms with Crippen molar-refractivity contribution >= 4 is 36.4 Å². The van der Waals surface area contributed by atoms with Crippen LogP contribution in [0.15, 0.2) is 24.3 Å². The van der Waals surface area contributed by atoms with Crippen LogP contribution in [0.3, 0.4) is 0 Å². The van der Waals surface area contributed by atoms with Gasteiger partial charge in [0.15, 0.2) is 0 Å². The number of amides is 1. The number of carbonyl (C=O) groups is 1. The number of ether oxygens (including phenoxy) is 1. The third kappa shape index (κ3) is 6.27. The fourth-order valence-corrected chi connectivity index (χ4v) is 5.16. The highest BCUT2D eigenvalue weighted by atomic mass is 35.5. The highest BCUT2D eigenvalue weighted by Gasteiger charge is 2.49. The average molecular weight is 489 g/mol. The van der Waals surface area contributed by atoms with E-state index in [9.17, 15) is 9.90 Å². The molecular weight excluding hydrogens is 451 g/mol. The minimum absolute atomic E-state index is 0. The summed E-state index contributed by atoms with van der Waals surface area (Å²) in [6.07, 6.45) is 1.83. The lowest BCUT2D eigenvalue weighted by molar-refractivity contribution is -0.174. The minimum Gasteiger partial charge on any atom is -0.388 e. The summed E-state index contributed by atoms with van der Waals surface area (Å²) in [7, 11) is 0. The Bertz CT molecular complexity index is 755. The molecule has 1 aromatic rings. The molecule has 0 radical (unpaired) electrons. The number of nitrogens with one attached hydrogen (secondary N) is 2. The van der Waals surface area contributed by atoms with Crippen LogP contribution < -0.4 is 15.5 Å². The molecule has 3 N–H and O–H groups in total. The van der Waals surface area contributed by atoms with Gasteiger partial charge < -0.3 is 25.4 Å². The van der Waals surface area contributed by atoms with E-state index in [1.807, 2.05) is 6.92 Å². The van der Waals surface area contributed by atoms with E-state index >= 15 is 0 Å². The number of nitrogens with zero attached hydrogens (tertiary/aromatic N) is 2. The molecule has 3 fully saturated rings. The molecule has 0 bridgehead atoms. The topological polar surface area (TPSA) is 77.1 Å². The first-order chi connectivity index (χ1) is 14.4. The van der Waals surface area contributed by atoms with Crippen LogP contribution in [-0.2, 0) is 9.53 Å². The molecule has 7 nitrogen and oxygen atoms in total. The zero-order chi connectivity index (χ0) is 21.2. The largest absolute Gasteiger partial charge is 0.388 e. The predicted octanol–water partition coefficient (Wildman–Crippen LogP) is 1.74. The van der Waals surface area contributed by atoms with Crippen LogP contribution in [0.1, 0.15) is 31.7 Å². The van der Waals surface area contributed by atoms with Crippen LogP contribution in [0.25, 0.3) is 0 Å². The van der Waals surface area contributed by atoms with Gasteiger partial charge in [-0.1, -0.05) is 12.1 Å². The number of anilines is 1. The third-order valence-electron chi connectivity index (χ3n) is 7.02. The summed E-state index contributed by atoms with van der Waals surface area (Å²) in [5.74, 6) is -0.00783. The van der Waals surface area contributed by atoms with Gasteiger partial charge in [-0.2, -0.15) is 0 Å². The molecule has 32 heavy (non-hydrogen) atoms. The van der Waals surface area contributed by atoms with Gasteiger partial charge in [-0.15, -0.1) is 24.8 Å². The first-order valence-electron chi connectivity index (χ1n) is 11.3. The summed E-state index contributed by atoms with van der Waals surface area (Å²) in [6, 6.07) is 8.58. The Morgan fingerprint density at radius 2 is 1.91 bits per heavy atom. The van der Waals surface area contributed by atoms with Crippen LogP contribution in [0.4, 0.5) is 5.69 Å². The lowest BCUT2D eigenvalue weighted by atomic mass is 9.75. The summed E-state index contributed by atoms with van der Waals surface area (Å²) in [5.41, 5.74) is 1.65. The third-order valence-corrected chi connectivity index (χ3v) is 7.02. The maximum absolute atomic E-state index is 12.9. The molecule has 4 rings (SSSR count). The van der Waals surface area contributed by atoms with E-state index < -0.39 is 11.6 Å². The normalized spacial score (nSPS) is 27.8. The zero-order valence-electron chi connectivity index (χ0n) is 19.1. The van der Waals surface area contributed by atoms with Crippen molar-refractivity contribution in [2.45, 2.75) is 50.4 Å². The maximum Gasteiger partial charge on any atom is 0.234 e. The molecule has 3 aliphatic rings. The van der Waals surface area contributed by atoms with Crippen molar-refractivity contribution in [1.29, 1.82) is 0 Å². The Balaban J connectivity index is 0.00000181. The number of halogens is 2. The first kappa shape index (κ1) is 27.2. The van der Waals surface area contributed by atoms with Crippen molar-refractivity contribution in [3.63, 3.8) is 0 Å². The van der Waals surface area contributed by atoms with E-state index in [0.29, 0.717) is 13.0 Å². The van der Waals surface area contributed by atoms with Gasteiger partial charge in [0.05, 0.1) is 24.3 Å². The molecule has 0 unspecified atom stereocenters. The Kier molecular flexibility index (Phi) is 9.64. The number of piperazine rings is 1. The predicted molar refractivity (Wildman–Crippen MR) is 132 cm³/mol. The number of benzene rings is 1. The molecule has 182 valence electrons. The molecule has 1 amide bonds. The van der Waals surface area contributed by atoms with E-state index in [2.05, 4.69) is 51.6 Å². The van der Waals surface area contributed by atoms with Crippen molar-refractivity contribution < 1.29 is 14.6 Å². The number of rotatable bonds is 4. The molecular formula is C23H38Cl2N4O3. The lowest BCUT2D eigenvalue weighted by Crippen LogP contribution is -2.66. The summed E-state index contributed by atoms with van der Waals surface area (Å²) in [4.78, 5) is 17.5. The van der Waals surface area contributed by atoms with Crippen molar-refractivity contribution in [2.75, 3.05) is 57.3 Å². The number of aliphatic hydroxyl groups is 1. The fraction of sp³-hybridized carbons (Fsp3) is 0.696. The van der Waals surface area contributed by atoms with Crippen LogP contribution in [-0.4, -0.2) is 85.6 Å². The van der Waals surface area contributed by atoms with Crippen LogP contribution >= 0.6 is 24.8 Å². The minimum atomic E-state index is -0.680. The Morgan fingerprint density at radius 1 is 1.22 bits per heavy atom. The molecule has 3 saturated heterocycles. The van der Waals surface area contributed by atoms with Crippen LogP contribution in [0.5, 0.6) is 0 Å². The quantitative estimate of drug-likeness (QED) is 0.599. The second kappa shape index (κ2) is 11.4. The SMILES string of the molecule is Cc1cccc(N2CCN(CC(=O)N[C@@]3(C)CC4(CCNCC4)OC[C@@H]3O)CC2)c1.Cl.Cl. The molecule has 0 saturated carbocycles. The molecule has 1 aromatic carbocycles. The monoisotopic (exact) mass is 488 g/mol. The number of piperidine rings is 1. The van der Waals surface area contributed by atoms with Gasteiger partial charge in [0.25, 0.3) is 0 Å². The van der Waals surface area contributed by atoms with Crippen molar-refractivity contribution in [2.24, 2.45) is 0 Å². The summed E-state index contributed by atoms with van der Waals surface area (Å²) < 4.78 is 6.05.